The van der Waals surface area contributed by atoms with Gasteiger partial charge in [-0.2, -0.15) is 5.10 Å². The summed E-state index contributed by atoms with van der Waals surface area (Å²) in [6, 6.07) is 15.1. The number of rotatable bonds is 9. The van der Waals surface area contributed by atoms with E-state index < -0.39 is 0 Å². The van der Waals surface area contributed by atoms with E-state index in [9.17, 15) is 4.79 Å². The highest BCUT2D eigenvalue weighted by Crippen LogP contribution is 2.29. The molecule has 7 heteroatoms. The fourth-order valence-corrected chi connectivity index (χ4v) is 4.83. The summed E-state index contributed by atoms with van der Waals surface area (Å²) in [5.74, 6) is 0.946. The molecule has 6 nitrogen and oxygen atoms in total. The predicted octanol–water partition coefficient (Wildman–Crippen LogP) is 5.38. The third-order valence-corrected chi connectivity index (χ3v) is 6.54. The van der Waals surface area contributed by atoms with Crippen LogP contribution in [0.25, 0.3) is 5.69 Å². The van der Waals surface area contributed by atoms with Crippen molar-refractivity contribution < 1.29 is 9.53 Å². The number of amides is 1. The summed E-state index contributed by atoms with van der Waals surface area (Å²) >= 11 is 6.56. The van der Waals surface area contributed by atoms with Crippen LogP contribution in [0.15, 0.2) is 61.2 Å². The standard InChI is InChI=1S/C28H33ClN4O2/c1-5-14-31-15-13-26-23(18-31)25(30-33(26)27-12-7-6-11-24(27)29)19-32(17-20(2)3)28(34)21-9-8-10-22(16-21)35-4/h5-12,16,20H,1,13-15,17-19H2,2-4H3. The number of carbonyl (C=O) groups is 1. The van der Waals surface area contributed by atoms with Gasteiger partial charge >= 0.3 is 0 Å². The number of carbonyl (C=O) groups excluding carboxylic acids is 1. The third-order valence-electron chi connectivity index (χ3n) is 6.22. The quantitative estimate of drug-likeness (QED) is 0.376. The number of benzene rings is 2. The Balaban J connectivity index is 1.74. The van der Waals surface area contributed by atoms with Crippen LogP contribution in [0.4, 0.5) is 0 Å². The van der Waals surface area contributed by atoms with Crippen molar-refractivity contribution in [3.05, 3.63) is 88.7 Å². The van der Waals surface area contributed by atoms with Crippen LogP contribution in [-0.4, -0.2) is 52.2 Å². The number of nitrogens with zero attached hydrogens (tertiary/aromatic N) is 4. The second-order valence-corrected chi connectivity index (χ2v) is 9.73. The molecule has 0 unspecified atom stereocenters. The van der Waals surface area contributed by atoms with E-state index in [4.69, 9.17) is 21.4 Å². The number of para-hydroxylation sites is 1. The van der Waals surface area contributed by atoms with Gasteiger partial charge in [0, 0.05) is 43.7 Å². The van der Waals surface area contributed by atoms with Crippen LogP contribution in [-0.2, 0) is 19.5 Å². The lowest BCUT2D eigenvalue weighted by Crippen LogP contribution is -2.35. The maximum absolute atomic E-state index is 13.6. The molecule has 0 radical (unpaired) electrons. The molecule has 1 aromatic heterocycles. The van der Waals surface area contributed by atoms with Crippen LogP contribution in [0.2, 0.25) is 5.02 Å². The smallest absolute Gasteiger partial charge is 0.254 e. The Hall–Kier alpha value is -3.09. The maximum atomic E-state index is 13.6. The predicted molar refractivity (Wildman–Crippen MR) is 140 cm³/mol. The molecule has 0 spiro atoms. The highest BCUT2D eigenvalue weighted by atomic mass is 35.5. The number of halogens is 1. The second kappa shape index (κ2) is 11.1. The Kier molecular flexibility index (Phi) is 7.93. The van der Waals surface area contributed by atoms with E-state index in [0.717, 1.165) is 43.1 Å². The summed E-state index contributed by atoms with van der Waals surface area (Å²) in [5.41, 5.74) is 4.71. The molecule has 2 aromatic carbocycles. The van der Waals surface area contributed by atoms with Crippen molar-refractivity contribution in [2.45, 2.75) is 33.4 Å². The van der Waals surface area contributed by atoms with Gasteiger partial charge in [0.1, 0.15) is 5.75 Å². The number of fused-ring (bicyclic) bond motifs is 1. The van der Waals surface area contributed by atoms with E-state index >= 15 is 0 Å². The largest absolute Gasteiger partial charge is 0.497 e. The molecule has 1 amide bonds. The van der Waals surface area contributed by atoms with Gasteiger partial charge in [0.15, 0.2) is 0 Å². The normalized spacial score (nSPS) is 13.5. The summed E-state index contributed by atoms with van der Waals surface area (Å²) in [5, 5.41) is 5.69. The number of aromatic nitrogens is 2. The summed E-state index contributed by atoms with van der Waals surface area (Å²) in [6.07, 6.45) is 2.79. The minimum absolute atomic E-state index is 0.0302. The molecule has 0 atom stereocenters. The Morgan fingerprint density at radius 2 is 2.06 bits per heavy atom. The molecule has 0 aliphatic carbocycles. The lowest BCUT2D eigenvalue weighted by atomic mass is 10.0. The molecule has 0 N–H and O–H groups in total. The van der Waals surface area contributed by atoms with Crippen molar-refractivity contribution >= 4 is 17.5 Å². The fourth-order valence-electron chi connectivity index (χ4n) is 4.61. The first-order chi connectivity index (χ1) is 16.9. The maximum Gasteiger partial charge on any atom is 0.254 e. The second-order valence-electron chi connectivity index (χ2n) is 9.32. The summed E-state index contributed by atoms with van der Waals surface area (Å²) in [6.45, 7) is 11.7. The van der Waals surface area contributed by atoms with E-state index in [1.165, 1.54) is 5.56 Å². The molecular weight excluding hydrogens is 460 g/mol. The van der Waals surface area contributed by atoms with E-state index in [0.29, 0.717) is 35.3 Å². The molecule has 0 saturated carbocycles. The molecule has 184 valence electrons. The van der Waals surface area contributed by atoms with Crippen LogP contribution in [0.3, 0.4) is 0 Å². The van der Waals surface area contributed by atoms with Crippen LogP contribution >= 0.6 is 11.6 Å². The van der Waals surface area contributed by atoms with Gasteiger partial charge in [-0.15, -0.1) is 6.58 Å². The van der Waals surface area contributed by atoms with Gasteiger partial charge in [0.2, 0.25) is 0 Å². The van der Waals surface area contributed by atoms with E-state index in [1.54, 1.807) is 13.2 Å². The highest BCUT2D eigenvalue weighted by Gasteiger charge is 2.28. The SMILES string of the molecule is C=CCN1CCc2c(c(CN(CC(C)C)C(=O)c3cccc(OC)c3)nn2-c2ccccc2Cl)C1. The molecule has 4 rings (SSSR count). The molecule has 0 fully saturated rings. The van der Waals surface area contributed by atoms with Gasteiger partial charge in [-0.05, 0) is 36.2 Å². The zero-order chi connectivity index (χ0) is 24.9. The van der Waals surface area contributed by atoms with Crippen molar-refractivity contribution in [2.24, 2.45) is 5.92 Å². The zero-order valence-corrected chi connectivity index (χ0v) is 21.5. The van der Waals surface area contributed by atoms with Crippen LogP contribution in [0.1, 0.15) is 41.2 Å². The van der Waals surface area contributed by atoms with Gasteiger partial charge in [-0.3, -0.25) is 9.69 Å². The summed E-state index contributed by atoms with van der Waals surface area (Å²) in [4.78, 5) is 17.9. The monoisotopic (exact) mass is 492 g/mol. The van der Waals surface area contributed by atoms with Gasteiger partial charge in [-0.25, -0.2) is 4.68 Å². The van der Waals surface area contributed by atoms with Crippen LogP contribution in [0, 0.1) is 5.92 Å². The van der Waals surface area contributed by atoms with E-state index in [2.05, 4.69) is 25.3 Å². The first-order valence-corrected chi connectivity index (χ1v) is 12.4. The average molecular weight is 493 g/mol. The van der Waals surface area contributed by atoms with Crippen molar-refractivity contribution in [3.63, 3.8) is 0 Å². The molecular formula is C28H33ClN4O2. The first kappa shape index (κ1) is 25.0. The highest BCUT2D eigenvalue weighted by molar-refractivity contribution is 6.32. The molecule has 1 aliphatic heterocycles. The number of methoxy groups -OCH3 is 1. The van der Waals surface area contributed by atoms with Gasteiger partial charge in [0.05, 0.1) is 35.8 Å². The van der Waals surface area contributed by atoms with Crippen molar-refractivity contribution in [2.75, 3.05) is 26.7 Å². The van der Waals surface area contributed by atoms with Crippen molar-refractivity contribution in [1.29, 1.82) is 0 Å². The first-order valence-electron chi connectivity index (χ1n) is 12.0. The molecule has 0 bridgehead atoms. The van der Waals surface area contributed by atoms with Crippen LogP contribution < -0.4 is 4.74 Å². The molecule has 3 aromatic rings. The Bertz CT molecular complexity index is 1200. The molecule has 1 aliphatic rings. The van der Waals surface area contributed by atoms with Crippen molar-refractivity contribution in [3.8, 4) is 11.4 Å². The molecule has 2 heterocycles. The summed E-state index contributed by atoms with van der Waals surface area (Å²) < 4.78 is 7.32. The summed E-state index contributed by atoms with van der Waals surface area (Å²) in [7, 11) is 1.61. The van der Waals surface area contributed by atoms with E-state index in [-0.39, 0.29) is 5.91 Å². The van der Waals surface area contributed by atoms with Crippen LogP contribution in [0.5, 0.6) is 5.75 Å². The molecule has 35 heavy (non-hydrogen) atoms. The molecule has 0 saturated heterocycles. The lowest BCUT2D eigenvalue weighted by molar-refractivity contribution is 0.0719. The number of ether oxygens (including phenoxy) is 1. The third kappa shape index (κ3) is 5.60. The van der Waals surface area contributed by atoms with Crippen molar-refractivity contribution in [1.82, 2.24) is 19.6 Å². The number of hydrogen-bond donors (Lipinski definition) is 0. The van der Waals surface area contributed by atoms with E-state index in [1.807, 2.05) is 58.1 Å². The Morgan fingerprint density at radius 3 is 2.77 bits per heavy atom. The lowest BCUT2D eigenvalue weighted by Gasteiger charge is -2.28. The van der Waals surface area contributed by atoms with Gasteiger partial charge in [-0.1, -0.05) is 49.7 Å². The Labute approximate surface area is 212 Å². The minimum Gasteiger partial charge on any atom is -0.497 e. The minimum atomic E-state index is -0.0302. The van der Waals surface area contributed by atoms with Gasteiger partial charge in [0.25, 0.3) is 5.91 Å². The van der Waals surface area contributed by atoms with Gasteiger partial charge < -0.3 is 9.64 Å². The zero-order valence-electron chi connectivity index (χ0n) is 20.7. The topological polar surface area (TPSA) is 50.6 Å². The average Bonchev–Trinajstić information content (AvgIpc) is 3.20. The fraction of sp³-hybridized carbons (Fsp3) is 0.357. The Morgan fingerprint density at radius 1 is 1.26 bits per heavy atom. The number of hydrogen-bond acceptors (Lipinski definition) is 4.